The summed E-state index contributed by atoms with van der Waals surface area (Å²) in [5.41, 5.74) is 3.10. The Morgan fingerprint density at radius 2 is 1.89 bits per heavy atom. The summed E-state index contributed by atoms with van der Waals surface area (Å²) in [6.45, 7) is 0.828. The first-order chi connectivity index (χ1) is 9.15. The molecule has 0 fully saturated rings. The molecule has 3 rings (SSSR count). The van der Waals surface area contributed by atoms with E-state index in [1.807, 2.05) is 24.3 Å². The second-order valence-corrected chi connectivity index (χ2v) is 5.17. The molecule has 2 aromatic rings. The summed E-state index contributed by atoms with van der Waals surface area (Å²) >= 11 is 6.03. The van der Waals surface area contributed by atoms with Crippen LogP contribution in [0.4, 0.5) is 0 Å². The number of hydrogen-bond acceptors (Lipinski definition) is 3. The van der Waals surface area contributed by atoms with E-state index in [1.54, 1.807) is 12.1 Å². The van der Waals surface area contributed by atoms with Gasteiger partial charge < -0.3 is 15.5 Å². The Kier molecular flexibility index (Phi) is 3.09. The van der Waals surface area contributed by atoms with E-state index in [2.05, 4.69) is 5.32 Å². The lowest BCUT2D eigenvalue weighted by Gasteiger charge is -2.28. The Morgan fingerprint density at radius 3 is 2.68 bits per heavy atom. The average Bonchev–Trinajstić information content (AvgIpc) is 2.39. The zero-order valence-electron chi connectivity index (χ0n) is 10.2. The number of nitrogens with one attached hydrogen (secondary N) is 1. The molecular weight excluding hydrogens is 262 g/mol. The number of phenolic OH excluding ortho intramolecular Hbond substituents is 2. The van der Waals surface area contributed by atoms with Gasteiger partial charge in [0, 0.05) is 11.6 Å². The van der Waals surface area contributed by atoms with Crippen molar-refractivity contribution in [2.75, 3.05) is 6.54 Å². The van der Waals surface area contributed by atoms with Gasteiger partial charge in [-0.1, -0.05) is 23.7 Å². The van der Waals surface area contributed by atoms with E-state index in [0.29, 0.717) is 5.02 Å². The first-order valence-electron chi connectivity index (χ1n) is 6.19. The van der Waals surface area contributed by atoms with Crippen LogP contribution in [0.3, 0.4) is 0 Å². The molecule has 0 aromatic heterocycles. The second-order valence-electron chi connectivity index (χ2n) is 4.73. The summed E-state index contributed by atoms with van der Waals surface area (Å²) in [6, 6.07) is 10.9. The van der Waals surface area contributed by atoms with Gasteiger partial charge in [0.25, 0.3) is 0 Å². The predicted octanol–water partition coefficient (Wildman–Crippen LogP) is 2.99. The van der Waals surface area contributed by atoms with Crippen LogP contribution in [0.2, 0.25) is 5.02 Å². The fourth-order valence-electron chi connectivity index (χ4n) is 2.57. The lowest BCUT2D eigenvalue weighted by molar-refractivity contribution is 0.400. The van der Waals surface area contributed by atoms with Gasteiger partial charge in [-0.25, -0.2) is 0 Å². The van der Waals surface area contributed by atoms with Crippen LogP contribution in [-0.2, 0) is 6.42 Å². The van der Waals surface area contributed by atoms with Gasteiger partial charge in [-0.15, -0.1) is 0 Å². The fraction of sp³-hybridized carbons (Fsp3) is 0.200. The fourth-order valence-corrected chi connectivity index (χ4v) is 2.76. The van der Waals surface area contributed by atoms with Crippen molar-refractivity contribution >= 4 is 11.6 Å². The zero-order valence-corrected chi connectivity index (χ0v) is 11.0. The van der Waals surface area contributed by atoms with E-state index in [0.717, 1.165) is 29.7 Å². The first kappa shape index (κ1) is 12.3. The molecule has 19 heavy (non-hydrogen) atoms. The van der Waals surface area contributed by atoms with Crippen molar-refractivity contribution in [3.05, 3.63) is 58.1 Å². The van der Waals surface area contributed by atoms with E-state index < -0.39 is 0 Å². The van der Waals surface area contributed by atoms with Gasteiger partial charge in [0.1, 0.15) is 0 Å². The monoisotopic (exact) mass is 275 g/mol. The molecule has 1 aliphatic heterocycles. The van der Waals surface area contributed by atoms with Crippen molar-refractivity contribution in [3.8, 4) is 11.5 Å². The molecule has 1 aliphatic rings. The third-order valence-electron chi connectivity index (χ3n) is 3.47. The standard InChI is InChI=1S/C15H14ClNO2/c16-11-3-1-2-10(6-11)15-12-8-14(19)13(18)7-9(12)4-5-17-15/h1-3,6-8,15,17-19H,4-5H2/t15-/m1/s1. The summed E-state index contributed by atoms with van der Waals surface area (Å²) < 4.78 is 0. The lowest BCUT2D eigenvalue weighted by atomic mass is 9.89. The molecule has 0 amide bonds. The van der Waals surface area contributed by atoms with Gasteiger partial charge >= 0.3 is 0 Å². The van der Waals surface area contributed by atoms with E-state index in [1.165, 1.54) is 0 Å². The molecule has 0 unspecified atom stereocenters. The smallest absolute Gasteiger partial charge is 0.157 e. The number of phenols is 2. The summed E-state index contributed by atoms with van der Waals surface area (Å²) in [7, 11) is 0. The molecule has 2 aromatic carbocycles. The van der Waals surface area contributed by atoms with Crippen molar-refractivity contribution in [2.24, 2.45) is 0 Å². The molecule has 4 heteroatoms. The minimum Gasteiger partial charge on any atom is -0.504 e. The Morgan fingerprint density at radius 1 is 1.11 bits per heavy atom. The number of benzene rings is 2. The van der Waals surface area contributed by atoms with Gasteiger partial charge in [0.15, 0.2) is 11.5 Å². The van der Waals surface area contributed by atoms with Crippen LogP contribution < -0.4 is 5.32 Å². The van der Waals surface area contributed by atoms with E-state index in [4.69, 9.17) is 11.6 Å². The second kappa shape index (κ2) is 4.76. The quantitative estimate of drug-likeness (QED) is 0.702. The maximum absolute atomic E-state index is 9.69. The van der Waals surface area contributed by atoms with Crippen molar-refractivity contribution in [2.45, 2.75) is 12.5 Å². The third kappa shape index (κ3) is 2.27. The molecule has 0 radical (unpaired) electrons. The molecule has 0 aliphatic carbocycles. The molecule has 0 bridgehead atoms. The maximum Gasteiger partial charge on any atom is 0.157 e. The highest BCUT2D eigenvalue weighted by molar-refractivity contribution is 6.30. The summed E-state index contributed by atoms with van der Waals surface area (Å²) in [4.78, 5) is 0. The third-order valence-corrected chi connectivity index (χ3v) is 3.71. The Bertz CT molecular complexity index is 628. The molecule has 3 nitrogen and oxygen atoms in total. The number of halogens is 1. The molecule has 98 valence electrons. The van der Waals surface area contributed by atoms with Crippen molar-refractivity contribution in [1.29, 1.82) is 0 Å². The largest absolute Gasteiger partial charge is 0.504 e. The highest BCUT2D eigenvalue weighted by Gasteiger charge is 2.23. The first-order valence-corrected chi connectivity index (χ1v) is 6.56. The molecular formula is C15H14ClNO2. The van der Waals surface area contributed by atoms with Gasteiger partial charge in [-0.05, 0) is 47.4 Å². The predicted molar refractivity (Wildman–Crippen MR) is 74.8 cm³/mol. The van der Waals surface area contributed by atoms with Gasteiger partial charge in [0.05, 0.1) is 6.04 Å². The Hall–Kier alpha value is -1.71. The zero-order chi connectivity index (χ0) is 13.4. The summed E-state index contributed by atoms with van der Waals surface area (Å²) in [6.07, 6.45) is 0.834. The molecule has 0 spiro atoms. The SMILES string of the molecule is Oc1cc2c(cc1O)[C@@H](c1cccc(Cl)c1)NCC2. The molecule has 1 atom stereocenters. The van der Waals surface area contributed by atoms with Crippen LogP contribution in [0.15, 0.2) is 36.4 Å². The molecule has 0 saturated carbocycles. The Labute approximate surface area is 116 Å². The lowest BCUT2D eigenvalue weighted by Crippen LogP contribution is -2.30. The number of rotatable bonds is 1. The van der Waals surface area contributed by atoms with Crippen LogP contribution >= 0.6 is 11.6 Å². The van der Waals surface area contributed by atoms with Crippen molar-refractivity contribution in [1.82, 2.24) is 5.32 Å². The molecule has 1 heterocycles. The topological polar surface area (TPSA) is 52.5 Å². The van der Waals surface area contributed by atoms with Crippen molar-refractivity contribution in [3.63, 3.8) is 0 Å². The van der Waals surface area contributed by atoms with Crippen LogP contribution in [0, 0.1) is 0 Å². The van der Waals surface area contributed by atoms with E-state index in [9.17, 15) is 10.2 Å². The van der Waals surface area contributed by atoms with E-state index >= 15 is 0 Å². The number of aromatic hydroxyl groups is 2. The Balaban J connectivity index is 2.10. The van der Waals surface area contributed by atoms with E-state index in [-0.39, 0.29) is 17.5 Å². The summed E-state index contributed by atoms with van der Waals surface area (Å²) in [5.74, 6) is -0.153. The minimum atomic E-state index is -0.0884. The number of fused-ring (bicyclic) bond motifs is 1. The maximum atomic E-state index is 9.69. The minimum absolute atomic E-state index is 0.00560. The average molecular weight is 276 g/mol. The van der Waals surface area contributed by atoms with Crippen molar-refractivity contribution < 1.29 is 10.2 Å². The van der Waals surface area contributed by atoms with Crippen LogP contribution in [0.5, 0.6) is 11.5 Å². The van der Waals surface area contributed by atoms with Crippen LogP contribution in [-0.4, -0.2) is 16.8 Å². The van der Waals surface area contributed by atoms with Gasteiger partial charge in [-0.3, -0.25) is 0 Å². The molecule has 0 saturated heterocycles. The normalized spacial score (nSPS) is 18.1. The molecule has 3 N–H and O–H groups in total. The summed E-state index contributed by atoms with van der Waals surface area (Å²) in [5, 5.41) is 23.4. The van der Waals surface area contributed by atoms with Crippen LogP contribution in [0.25, 0.3) is 0 Å². The van der Waals surface area contributed by atoms with Gasteiger partial charge in [0.2, 0.25) is 0 Å². The van der Waals surface area contributed by atoms with Crippen LogP contribution in [0.1, 0.15) is 22.7 Å². The number of hydrogen-bond donors (Lipinski definition) is 3. The highest BCUT2D eigenvalue weighted by atomic mass is 35.5. The highest BCUT2D eigenvalue weighted by Crippen LogP contribution is 2.36. The van der Waals surface area contributed by atoms with Gasteiger partial charge in [-0.2, -0.15) is 0 Å².